The van der Waals surface area contributed by atoms with Crippen molar-refractivity contribution in [2.24, 2.45) is 0 Å². The van der Waals surface area contributed by atoms with Gasteiger partial charge in [0.2, 0.25) is 11.3 Å². The highest BCUT2D eigenvalue weighted by atomic mass is 32.1. The Morgan fingerprint density at radius 1 is 1.15 bits per heavy atom. The molecule has 0 radical (unpaired) electrons. The van der Waals surface area contributed by atoms with Crippen LogP contribution in [0.25, 0.3) is 11.3 Å². The van der Waals surface area contributed by atoms with Crippen LogP contribution in [-0.2, 0) is 0 Å². The van der Waals surface area contributed by atoms with Crippen LogP contribution in [0.1, 0.15) is 54.1 Å². The van der Waals surface area contributed by atoms with Gasteiger partial charge in [0, 0.05) is 13.1 Å². The van der Waals surface area contributed by atoms with Crippen molar-refractivity contribution in [3.63, 3.8) is 0 Å². The second-order valence-electron chi connectivity index (χ2n) is 8.21. The molecular weight excluding hydrogens is 454 g/mol. The molecule has 3 aromatic heterocycles. The van der Waals surface area contributed by atoms with E-state index in [1.807, 2.05) is 26.0 Å². The van der Waals surface area contributed by atoms with Gasteiger partial charge in [0.05, 0.1) is 29.0 Å². The molecule has 0 aliphatic carbocycles. The maximum absolute atomic E-state index is 12.9. The summed E-state index contributed by atoms with van der Waals surface area (Å²) in [6.07, 6.45) is 2.70. The van der Waals surface area contributed by atoms with E-state index < -0.39 is 0 Å². The molecule has 4 heterocycles. The van der Waals surface area contributed by atoms with Gasteiger partial charge in [-0.05, 0) is 50.5 Å². The van der Waals surface area contributed by atoms with Gasteiger partial charge in [-0.3, -0.25) is 4.79 Å². The minimum atomic E-state index is -0.179. The van der Waals surface area contributed by atoms with Gasteiger partial charge in [0.1, 0.15) is 11.5 Å². The lowest BCUT2D eigenvalue weighted by atomic mass is 10.1. The van der Waals surface area contributed by atoms with Crippen molar-refractivity contribution in [1.82, 2.24) is 23.6 Å². The predicted octanol–water partition coefficient (Wildman–Crippen LogP) is 4.63. The average Bonchev–Trinajstić information content (AvgIpc) is 3.60. The van der Waals surface area contributed by atoms with Crippen molar-refractivity contribution < 1.29 is 14.3 Å². The molecule has 1 aromatic carbocycles. The largest absolute Gasteiger partial charge is 0.505 e. The van der Waals surface area contributed by atoms with Gasteiger partial charge in [-0.25, -0.2) is 9.97 Å². The quantitative estimate of drug-likeness (QED) is 0.325. The van der Waals surface area contributed by atoms with Crippen molar-refractivity contribution in [1.29, 1.82) is 0 Å². The number of anilines is 3. The van der Waals surface area contributed by atoms with Gasteiger partial charge in [0.15, 0.2) is 17.4 Å². The topological polar surface area (TPSA) is 129 Å². The molecule has 0 saturated carbocycles. The number of amides is 1. The van der Waals surface area contributed by atoms with Gasteiger partial charge in [0.25, 0.3) is 5.91 Å². The first kappa shape index (κ1) is 22.1. The van der Waals surface area contributed by atoms with Crippen LogP contribution < -0.4 is 10.6 Å². The average molecular weight is 480 g/mol. The van der Waals surface area contributed by atoms with Crippen LogP contribution in [0.2, 0.25) is 0 Å². The van der Waals surface area contributed by atoms with Crippen LogP contribution in [0.15, 0.2) is 34.7 Å². The number of aromatic nitrogens is 4. The third-order valence-electron chi connectivity index (χ3n) is 5.85. The van der Waals surface area contributed by atoms with Gasteiger partial charge in [-0.15, -0.1) is 0 Å². The monoisotopic (exact) mass is 479 g/mol. The SMILES string of the molecule is CC[C@@H](Nc1nc2nsnc2nc1Nc1cccc(C(=O)N2CCCC2)c1O)c1ccc(C)o1. The fourth-order valence-corrected chi connectivity index (χ4v) is 4.48. The summed E-state index contributed by atoms with van der Waals surface area (Å²) >= 11 is 1.03. The Balaban J connectivity index is 1.49. The van der Waals surface area contributed by atoms with Gasteiger partial charge >= 0.3 is 0 Å². The molecule has 176 valence electrons. The number of hydrogen-bond donors (Lipinski definition) is 3. The molecule has 1 aliphatic rings. The first-order valence-electron chi connectivity index (χ1n) is 11.2. The fourth-order valence-electron chi connectivity index (χ4n) is 4.04. The summed E-state index contributed by atoms with van der Waals surface area (Å²) in [6, 6.07) is 8.75. The number of hydrogen-bond acceptors (Lipinski definition) is 10. The zero-order valence-electron chi connectivity index (χ0n) is 18.9. The molecule has 34 heavy (non-hydrogen) atoms. The van der Waals surface area contributed by atoms with Gasteiger partial charge in [-0.2, -0.15) is 8.75 Å². The van der Waals surface area contributed by atoms with Crippen LogP contribution in [-0.4, -0.2) is 47.7 Å². The molecule has 11 heteroatoms. The smallest absolute Gasteiger partial charge is 0.257 e. The maximum atomic E-state index is 12.9. The second kappa shape index (κ2) is 9.26. The van der Waals surface area contributed by atoms with E-state index in [4.69, 9.17) is 4.42 Å². The normalized spacial score (nSPS) is 14.5. The van der Waals surface area contributed by atoms with E-state index in [-0.39, 0.29) is 23.3 Å². The Hall–Kier alpha value is -3.73. The molecule has 1 saturated heterocycles. The number of para-hydroxylation sites is 1. The van der Waals surface area contributed by atoms with Crippen molar-refractivity contribution in [3.8, 4) is 5.75 Å². The number of benzene rings is 1. The third-order valence-corrected chi connectivity index (χ3v) is 6.36. The Morgan fingerprint density at radius 3 is 2.56 bits per heavy atom. The molecule has 10 nitrogen and oxygen atoms in total. The molecule has 0 bridgehead atoms. The van der Waals surface area contributed by atoms with Crippen molar-refractivity contribution in [2.45, 2.75) is 39.2 Å². The number of likely N-dealkylation sites (tertiary alicyclic amines) is 1. The van der Waals surface area contributed by atoms with Crippen molar-refractivity contribution >= 4 is 46.3 Å². The first-order valence-corrected chi connectivity index (χ1v) is 12.0. The van der Waals surface area contributed by atoms with Gasteiger partial charge < -0.3 is 25.1 Å². The number of aromatic hydroxyl groups is 1. The predicted molar refractivity (Wildman–Crippen MR) is 130 cm³/mol. The fraction of sp³-hybridized carbons (Fsp3) is 0.348. The second-order valence-corrected chi connectivity index (χ2v) is 8.74. The number of furan rings is 1. The Labute approximate surface area is 200 Å². The zero-order chi connectivity index (χ0) is 23.7. The molecule has 0 unspecified atom stereocenters. The van der Waals surface area contributed by atoms with Crippen LogP contribution in [0.3, 0.4) is 0 Å². The van der Waals surface area contributed by atoms with Crippen LogP contribution in [0.4, 0.5) is 17.3 Å². The minimum absolute atomic E-state index is 0.127. The van der Waals surface area contributed by atoms with Crippen LogP contribution >= 0.6 is 11.7 Å². The van der Waals surface area contributed by atoms with E-state index in [1.54, 1.807) is 23.1 Å². The lowest BCUT2D eigenvalue weighted by Crippen LogP contribution is -2.27. The number of rotatable bonds is 7. The lowest BCUT2D eigenvalue weighted by Gasteiger charge is -2.19. The highest BCUT2D eigenvalue weighted by Crippen LogP contribution is 2.35. The lowest BCUT2D eigenvalue weighted by molar-refractivity contribution is 0.0790. The highest BCUT2D eigenvalue weighted by molar-refractivity contribution is 6.99. The number of fused-ring (bicyclic) bond motifs is 1. The Kier molecular flexibility index (Phi) is 6.01. The Bertz CT molecular complexity index is 1330. The van der Waals surface area contributed by atoms with E-state index >= 15 is 0 Å². The summed E-state index contributed by atoms with van der Waals surface area (Å²) in [6.45, 7) is 5.34. The molecule has 1 fully saturated rings. The summed E-state index contributed by atoms with van der Waals surface area (Å²) in [5, 5.41) is 17.5. The van der Waals surface area contributed by atoms with Crippen molar-refractivity contribution in [3.05, 3.63) is 47.4 Å². The van der Waals surface area contributed by atoms with Crippen LogP contribution in [0, 0.1) is 6.92 Å². The number of phenols is 1. The molecule has 3 N–H and O–H groups in total. The number of aryl methyl sites for hydroxylation is 1. The molecule has 5 rings (SSSR count). The van der Waals surface area contributed by atoms with Crippen molar-refractivity contribution in [2.75, 3.05) is 23.7 Å². The number of nitrogens with one attached hydrogen (secondary N) is 2. The molecule has 1 amide bonds. The van der Waals surface area contributed by atoms with E-state index in [9.17, 15) is 9.90 Å². The number of phenolic OH excluding ortho intramolecular Hbond substituents is 1. The van der Waals surface area contributed by atoms with E-state index in [2.05, 4.69) is 29.3 Å². The standard InChI is InChI=1S/C23H25N7O3S/c1-3-15(17-10-9-13(2)33-17)24-19-20(27-22-21(26-19)28-34-29-22)25-16-8-6-7-14(18(16)31)23(32)30-11-4-5-12-30/h6-10,15,31H,3-5,11-12H2,1-2H3,(H,24,26,28)(H,25,27,29)/t15-/m1/s1. The highest BCUT2D eigenvalue weighted by Gasteiger charge is 2.24. The number of carbonyl (C=O) groups is 1. The summed E-state index contributed by atoms with van der Waals surface area (Å²) in [4.78, 5) is 23.8. The Morgan fingerprint density at radius 2 is 1.88 bits per heavy atom. The zero-order valence-corrected chi connectivity index (χ0v) is 19.7. The summed E-state index contributed by atoms with van der Waals surface area (Å²) in [5.41, 5.74) is 1.42. The third kappa shape index (κ3) is 4.26. The molecule has 4 aromatic rings. The first-order chi connectivity index (χ1) is 16.5. The number of carbonyl (C=O) groups excluding carboxylic acids is 1. The summed E-state index contributed by atoms with van der Waals surface area (Å²) in [5.74, 6) is 2.10. The number of nitrogens with zero attached hydrogens (tertiary/aromatic N) is 5. The molecular formula is C23H25N7O3S. The summed E-state index contributed by atoms with van der Waals surface area (Å²) < 4.78 is 14.2. The van der Waals surface area contributed by atoms with Gasteiger partial charge in [-0.1, -0.05) is 13.0 Å². The molecule has 0 spiro atoms. The molecule has 1 atom stereocenters. The van der Waals surface area contributed by atoms with E-state index in [0.29, 0.717) is 41.7 Å². The van der Waals surface area contributed by atoms with E-state index in [1.165, 1.54) is 0 Å². The maximum Gasteiger partial charge on any atom is 0.257 e. The molecule has 1 aliphatic heterocycles. The summed E-state index contributed by atoms with van der Waals surface area (Å²) in [7, 11) is 0. The van der Waals surface area contributed by atoms with E-state index in [0.717, 1.165) is 42.5 Å². The minimum Gasteiger partial charge on any atom is -0.505 e. The van der Waals surface area contributed by atoms with Crippen LogP contribution in [0.5, 0.6) is 5.75 Å².